The van der Waals surface area contributed by atoms with E-state index in [1.807, 2.05) is 0 Å². The quantitative estimate of drug-likeness (QED) is 0.331. The first-order valence-corrected chi connectivity index (χ1v) is 10.2. The van der Waals surface area contributed by atoms with Crippen LogP contribution in [0.3, 0.4) is 0 Å². The lowest BCUT2D eigenvalue weighted by Gasteiger charge is -2.11. The Balaban J connectivity index is 1.84. The van der Waals surface area contributed by atoms with Crippen molar-refractivity contribution in [3.05, 3.63) is 71.3 Å². The van der Waals surface area contributed by atoms with Gasteiger partial charge in [-0.05, 0) is 36.4 Å². The van der Waals surface area contributed by atoms with Crippen molar-refractivity contribution >= 4 is 11.8 Å². The van der Waals surface area contributed by atoms with E-state index in [9.17, 15) is 27.2 Å². The molecule has 0 atom stereocenters. The van der Waals surface area contributed by atoms with Crippen LogP contribution in [0.5, 0.6) is 5.75 Å². The van der Waals surface area contributed by atoms with Gasteiger partial charge in [0.1, 0.15) is 30.4 Å². The van der Waals surface area contributed by atoms with Crippen molar-refractivity contribution in [2.75, 3.05) is 26.8 Å². The van der Waals surface area contributed by atoms with Crippen LogP contribution in [0.2, 0.25) is 0 Å². The number of amides is 2. The second kappa shape index (κ2) is 11.4. The zero-order chi connectivity index (χ0) is 25.4. The van der Waals surface area contributed by atoms with Gasteiger partial charge in [0.05, 0.1) is 12.3 Å². The van der Waals surface area contributed by atoms with Gasteiger partial charge in [-0.25, -0.2) is 9.07 Å². The zero-order valence-electron chi connectivity index (χ0n) is 18.4. The molecule has 0 saturated heterocycles. The molecule has 0 bridgehead atoms. The van der Waals surface area contributed by atoms with E-state index in [1.165, 1.54) is 60.3 Å². The Bertz CT molecular complexity index is 1170. The highest BCUT2D eigenvalue weighted by Crippen LogP contribution is 2.19. The third-order valence-electron chi connectivity index (χ3n) is 4.57. The van der Waals surface area contributed by atoms with E-state index >= 15 is 0 Å². The number of rotatable bonds is 10. The minimum absolute atomic E-state index is 0.00629. The number of hydrogen-bond donors (Lipinski definition) is 2. The molecule has 2 N–H and O–H groups in total. The molecule has 3 rings (SSSR count). The molecule has 0 unspecified atom stereocenters. The zero-order valence-corrected chi connectivity index (χ0v) is 18.4. The second-order valence-electron chi connectivity index (χ2n) is 7.14. The van der Waals surface area contributed by atoms with Crippen molar-refractivity contribution in [2.45, 2.75) is 12.8 Å². The van der Waals surface area contributed by atoms with Crippen LogP contribution in [0.4, 0.5) is 17.6 Å². The second-order valence-corrected chi connectivity index (χ2v) is 7.14. The normalized spacial score (nSPS) is 11.2. The first-order chi connectivity index (χ1) is 16.7. The average Bonchev–Trinajstić information content (AvgIpc) is 3.25. The van der Waals surface area contributed by atoms with E-state index in [4.69, 9.17) is 9.47 Å². The molecule has 2 amide bonds. The average molecular weight is 495 g/mol. The summed E-state index contributed by atoms with van der Waals surface area (Å²) in [5.41, 5.74) is 0.523. The molecule has 9 nitrogen and oxygen atoms in total. The summed E-state index contributed by atoms with van der Waals surface area (Å²) in [5.74, 6) is -1.75. The largest absolute Gasteiger partial charge is 0.487 e. The fourth-order valence-electron chi connectivity index (χ4n) is 2.91. The third kappa shape index (κ3) is 7.24. The van der Waals surface area contributed by atoms with Crippen LogP contribution in [0.1, 0.15) is 26.5 Å². The van der Waals surface area contributed by atoms with Crippen molar-refractivity contribution in [2.24, 2.45) is 0 Å². The minimum atomic E-state index is -4.53. The molecule has 0 fully saturated rings. The van der Waals surface area contributed by atoms with Crippen LogP contribution in [0.15, 0.2) is 48.5 Å². The van der Waals surface area contributed by atoms with Crippen LogP contribution in [0.25, 0.3) is 5.69 Å². The topological polar surface area (TPSA) is 107 Å². The number of methoxy groups -OCH3 is 1. The Hall–Kier alpha value is -4.00. The predicted octanol–water partition coefficient (Wildman–Crippen LogP) is 2.65. The van der Waals surface area contributed by atoms with Crippen molar-refractivity contribution < 1.29 is 36.6 Å². The summed E-state index contributed by atoms with van der Waals surface area (Å²) in [4.78, 5) is 24.6. The van der Waals surface area contributed by atoms with Crippen molar-refractivity contribution in [1.29, 1.82) is 0 Å². The number of carbonyl (C=O) groups excluding carboxylic acids is 2. The molecular weight excluding hydrogens is 474 g/mol. The number of aromatic nitrogens is 3. The molecule has 0 aliphatic carbocycles. The van der Waals surface area contributed by atoms with Gasteiger partial charge in [0.15, 0.2) is 5.69 Å². The highest BCUT2D eigenvalue weighted by molar-refractivity contribution is 5.94. The maximum absolute atomic E-state index is 13.5. The summed E-state index contributed by atoms with van der Waals surface area (Å²) in [6, 6.07) is 10.9. The molecule has 0 aliphatic rings. The molecule has 0 radical (unpaired) electrons. The van der Waals surface area contributed by atoms with Gasteiger partial charge in [-0.2, -0.15) is 13.2 Å². The summed E-state index contributed by atoms with van der Waals surface area (Å²) in [6.45, 7) is -1.18. The molecule has 1 aromatic heterocycles. The molecule has 35 heavy (non-hydrogen) atoms. The number of ether oxygens (including phenoxy) is 2. The Kier molecular flexibility index (Phi) is 8.36. The van der Waals surface area contributed by atoms with Gasteiger partial charge in [-0.3, -0.25) is 9.59 Å². The summed E-state index contributed by atoms with van der Waals surface area (Å²) >= 11 is 0. The number of benzene rings is 2. The van der Waals surface area contributed by atoms with Crippen LogP contribution >= 0.6 is 0 Å². The van der Waals surface area contributed by atoms with Gasteiger partial charge in [0.25, 0.3) is 11.8 Å². The van der Waals surface area contributed by atoms with Gasteiger partial charge in [-0.15, -0.1) is 5.10 Å². The Morgan fingerprint density at radius 2 is 1.80 bits per heavy atom. The van der Waals surface area contributed by atoms with Gasteiger partial charge in [-0.1, -0.05) is 11.3 Å². The lowest BCUT2D eigenvalue weighted by atomic mass is 10.2. The standard InChI is InChI=1S/C22H21F4N5O4/c1-34-10-9-27-21(33)19-18(12-35-17-4-2-3-15(23)11-17)31(30-29-19)16-7-5-14(6-8-16)20(32)28-13-22(24,25)26/h2-8,11H,9-10,12-13H2,1H3,(H,27,33)(H,28,32). The van der Waals surface area contributed by atoms with E-state index in [0.717, 1.165) is 0 Å². The minimum Gasteiger partial charge on any atom is -0.487 e. The fourth-order valence-corrected chi connectivity index (χ4v) is 2.91. The first-order valence-electron chi connectivity index (χ1n) is 10.2. The highest BCUT2D eigenvalue weighted by Gasteiger charge is 2.28. The first kappa shape index (κ1) is 25.6. The van der Waals surface area contributed by atoms with E-state index in [1.54, 1.807) is 5.32 Å². The van der Waals surface area contributed by atoms with E-state index < -0.39 is 30.4 Å². The fraction of sp³-hybridized carbons (Fsp3) is 0.273. The van der Waals surface area contributed by atoms with Crippen molar-refractivity contribution in [3.8, 4) is 11.4 Å². The third-order valence-corrected chi connectivity index (χ3v) is 4.57. The molecule has 13 heteroatoms. The number of halogens is 4. The number of nitrogens with one attached hydrogen (secondary N) is 2. The molecule has 2 aromatic carbocycles. The molecular formula is C22H21F4N5O4. The van der Waals surface area contributed by atoms with Crippen molar-refractivity contribution in [3.63, 3.8) is 0 Å². The Morgan fingerprint density at radius 3 is 2.46 bits per heavy atom. The van der Waals surface area contributed by atoms with E-state index in [2.05, 4.69) is 15.6 Å². The van der Waals surface area contributed by atoms with Crippen molar-refractivity contribution in [1.82, 2.24) is 25.6 Å². The van der Waals surface area contributed by atoms with Crippen LogP contribution in [0, 0.1) is 5.82 Å². The summed E-state index contributed by atoms with van der Waals surface area (Å²) in [7, 11) is 1.48. The number of hydrogen-bond acceptors (Lipinski definition) is 6. The Morgan fingerprint density at radius 1 is 1.06 bits per heavy atom. The molecule has 186 valence electrons. The monoisotopic (exact) mass is 495 g/mol. The van der Waals surface area contributed by atoms with Gasteiger partial charge >= 0.3 is 6.18 Å². The van der Waals surface area contributed by atoms with Crippen LogP contribution < -0.4 is 15.4 Å². The van der Waals surface area contributed by atoms with E-state index in [0.29, 0.717) is 5.69 Å². The Labute approximate surface area is 197 Å². The summed E-state index contributed by atoms with van der Waals surface area (Å²) < 4.78 is 62.3. The molecule has 0 spiro atoms. The van der Waals surface area contributed by atoms with Crippen LogP contribution in [-0.4, -0.2) is 59.8 Å². The maximum atomic E-state index is 13.5. The number of carbonyl (C=O) groups is 2. The van der Waals surface area contributed by atoms with Crippen LogP contribution in [-0.2, 0) is 11.3 Å². The molecule has 3 aromatic rings. The lowest BCUT2D eigenvalue weighted by molar-refractivity contribution is -0.123. The summed E-state index contributed by atoms with van der Waals surface area (Å²) in [6.07, 6.45) is -4.53. The highest BCUT2D eigenvalue weighted by atomic mass is 19.4. The number of nitrogens with zero attached hydrogens (tertiary/aromatic N) is 3. The molecule has 0 aliphatic heterocycles. The van der Waals surface area contributed by atoms with Gasteiger partial charge in [0, 0.05) is 25.3 Å². The predicted molar refractivity (Wildman–Crippen MR) is 115 cm³/mol. The van der Waals surface area contributed by atoms with E-state index in [-0.39, 0.29) is 42.5 Å². The summed E-state index contributed by atoms with van der Waals surface area (Å²) in [5, 5.41) is 12.3. The lowest BCUT2D eigenvalue weighted by Crippen LogP contribution is -2.33. The van der Waals surface area contributed by atoms with Gasteiger partial charge < -0.3 is 20.1 Å². The number of alkyl halides is 3. The van der Waals surface area contributed by atoms with Gasteiger partial charge in [0.2, 0.25) is 0 Å². The smallest absolute Gasteiger partial charge is 0.405 e. The SMILES string of the molecule is COCCNC(=O)c1nnn(-c2ccc(C(=O)NCC(F)(F)F)cc2)c1COc1cccc(F)c1. The molecule has 1 heterocycles. The molecule has 0 saturated carbocycles. The maximum Gasteiger partial charge on any atom is 0.405 e.